The molecule has 10 heteroatoms. The molecule has 0 unspecified atom stereocenters. The number of hydrogen-bond acceptors (Lipinski definition) is 7. The van der Waals surface area contributed by atoms with Gasteiger partial charge in [0.05, 0.1) is 32.6 Å². The Bertz CT molecular complexity index is 1040. The van der Waals surface area contributed by atoms with E-state index in [9.17, 15) is 9.90 Å². The molecule has 2 aromatic carbocycles. The largest absolute Gasteiger partial charge is 0.512 e. The van der Waals surface area contributed by atoms with Gasteiger partial charge in [0.25, 0.3) is 5.91 Å². The lowest BCUT2D eigenvalue weighted by molar-refractivity contribution is -0.112. The summed E-state index contributed by atoms with van der Waals surface area (Å²) < 4.78 is 15.7. The van der Waals surface area contributed by atoms with E-state index in [0.29, 0.717) is 36.0 Å². The van der Waals surface area contributed by atoms with Crippen molar-refractivity contribution in [1.82, 2.24) is 5.32 Å². The van der Waals surface area contributed by atoms with Gasteiger partial charge in [-0.15, -0.1) is 0 Å². The molecular weight excluding hydrogens is 444 g/mol. The number of nitrogens with one attached hydrogen (secondary N) is 3. The molecule has 0 spiro atoms. The third-order valence-corrected chi connectivity index (χ3v) is 4.66. The summed E-state index contributed by atoms with van der Waals surface area (Å²) in [6, 6.07) is 12.5. The first-order valence-corrected chi connectivity index (χ1v) is 10.4. The highest BCUT2D eigenvalue weighted by Gasteiger charge is 2.14. The molecule has 0 aliphatic rings. The van der Waals surface area contributed by atoms with Crippen molar-refractivity contribution in [2.75, 3.05) is 45.1 Å². The third kappa shape index (κ3) is 7.69. The second kappa shape index (κ2) is 12.9. The van der Waals surface area contributed by atoms with E-state index >= 15 is 0 Å². The van der Waals surface area contributed by atoms with Gasteiger partial charge in [0.15, 0.2) is 16.6 Å². The highest BCUT2D eigenvalue weighted by Crippen LogP contribution is 2.29. The van der Waals surface area contributed by atoms with E-state index < -0.39 is 5.91 Å². The molecule has 0 aromatic heterocycles. The van der Waals surface area contributed by atoms with Crippen LogP contribution in [0.5, 0.6) is 17.2 Å². The summed E-state index contributed by atoms with van der Waals surface area (Å²) >= 11 is 5.19. The third-order valence-electron chi connectivity index (χ3n) is 4.41. The Morgan fingerprint density at radius 1 is 1.03 bits per heavy atom. The monoisotopic (exact) mass is 472 g/mol. The second-order valence-electron chi connectivity index (χ2n) is 6.64. The zero-order valence-corrected chi connectivity index (χ0v) is 19.8. The second-order valence-corrected chi connectivity index (χ2v) is 7.03. The van der Waals surface area contributed by atoms with Crippen molar-refractivity contribution in [3.63, 3.8) is 0 Å². The Balaban J connectivity index is 1.88. The highest BCUT2D eigenvalue weighted by atomic mass is 32.1. The Labute approximate surface area is 198 Å². The van der Waals surface area contributed by atoms with Crippen LogP contribution >= 0.6 is 12.2 Å². The van der Waals surface area contributed by atoms with E-state index in [2.05, 4.69) is 20.9 Å². The van der Waals surface area contributed by atoms with Gasteiger partial charge in [0.1, 0.15) is 11.5 Å². The van der Waals surface area contributed by atoms with Crippen molar-refractivity contribution in [2.24, 2.45) is 4.99 Å². The molecule has 9 nitrogen and oxygen atoms in total. The minimum Gasteiger partial charge on any atom is -0.512 e. The summed E-state index contributed by atoms with van der Waals surface area (Å²) in [5.74, 6) is 1.04. The van der Waals surface area contributed by atoms with E-state index in [4.69, 9.17) is 26.4 Å². The standard InChI is InChI=1S/C23H28N4O5S/c1-15(28)17(22(29)27-18-7-5-6-8-19(18)30-2)14-26-23(33)25-12-11-24-16-9-10-20(31-3)21(13-16)32-4/h5-10,13-14,24,28H,11-12H2,1-4H3,(H,25,33)(H,27,29). The summed E-state index contributed by atoms with van der Waals surface area (Å²) in [6.45, 7) is 2.43. The lowest BCUT2D eigenvalue weighted by Crippen LogP contribution is -2.26. The van der Waals surface area contributed by atoms with Crippen LogP contribution < -0.4 is 30.2 Å². The fourth-order valence-electron chi connectivity index (χ4n) is 2.75. The van der Waals surface area contributed by atoms with E-state index in [0.717, 1.165) is 5.69 Å². The average Bonchev–Trinajstić information content (AvgIpc) is 2.81. The average molecular weight is 473 g/mol. The Hall–Kier alpha value is -3.79. The van der Waals surface area contributed by atoms with Crippen molar-refractivity contribution in [1.29, 1.82) is 0 Å². The Kier molecular flexibility index (Phi) is 9.97. The van der Waals surface area contributed by atoms with Crippen LogP contribution in [0.4, 0.5) is 11.4 Å². The van der Waals surface area contributed by atoms with Gasteiger partial charge < -0.3 is 35.3 Å². The fraction of sp³-hybridized carbons (Fsp3) is 0.261. The van der Waals surface area contributed by atoms with E-state index in [1.165, 1.54) is 20.2 Å². The minimum atomic E-state index is -0.541. The number of carbonyl (C=O) groups is 1. The topological polar surface area (TPSA) is 113 Å². The first-order chi connectivity index (χ1) is 15.9. The number of benzene rings is 2. The van der Waals surface area contributed by atoms with Gasteiger partial charge in [-0.3, -0.25) is 4.79 Å². The molecule has 0 saturated carbocycles. The van der Waals surface area contributed by atoms with Crippen LogP contribution in [0.3, 0.4) is 0 Å². The summed E-state index contributed by atoms with van der Waals surface area (Å²) in [7, 11) is 4.66. The highest BCUT2D eigenvalue weighted by molar-refractivity contribution is 7.80. The molecule has 4 N–H and O–H groups in total. The van der Waals surface area contributed by atoms with Crippen molar-refractivity contribution in [3.05, 3.63) is 53.8 Å². The van der Waals surface area contributed by atoms with Crippen LogP contribution in [0.25, 0.3) is 0 Å². The molecule has 2 aromatic rings. The van der Waals surface area contributed by atoms with Crippen LogP contribution in [0.2, 0.25) is 0 Å². The first kappa shape index (κ1) is 25.5. The predicted molar refractivity (Wildman–Crippen MR) is 134 cm³/mol. The van der Waals surface area contributed by atoms with Gasteiger partial charge in [-0.2, -0.15) is 0 Å². The van der Waals surface area contributed by atoms with Crippen LogP contribution in [-0.2, 0) is 4.79 Å². The van der Waals surface area contributed by atoms with Crippen LogP contribution in [0.1, 0.15) is 6.92 Å². The van der Waals surface area contributed by atoms with E-state index in [1.807, 2.05) is 18.2 Å². The number of carbonyl (C=O) groups excluding carboxylic acids is 1. The molecule has 0 saturated heterocycles. The molecule has 0 heterocycles. The molecule has 0 atom stereocenters. The number of para-hydroxylation sites is 2. The van der Waals surface area contributed by atoms with Gasteiger partial charge in [-0.25, -0.2) is 4.99 Å². The van der Waals surface area contributed by atoms with E-state index in [1.54, 1.807) is 38.5 Å². The number of ether oxygens (including phenoxy) is 3. The number of allylic oxidation sites excluding steroid dienone is 1. The number of methoxy groups -OCH3 is 3. The minimum absolute atomic E-state index is 0.0199. The smallest absolute Gasteiger partial charge is 0.260 e. The van der Waals surface area contributed by atoms with Gasteiger partial charge in [-0.05, 0) is 43.4 Å². The molecule has 1 amide bonds. The van der Waals surface area contributed by atoms with Gasteiger partial charge in [0, 0.05) is 31.1 Å². The molecule has 2 rings (SSSR count). The molecule has 0 fully saturated rings. The lowest BCUT2D eigenvalue weighted by Gasteiger charge is -2.12. The molecule has 0 bridgehead atoms. The van der Waals surface area contributed by atoms with Gasteiger partial charge in [0.2, 0.25) is 0 Å². The van der Waals surface area contributed by atoms with Crippen molar-refractivity contribution >= 4 is 40.8 Å². The van der Waals surface area contributed by atoms with Gasteiger partial charge >= 0.3 is 0 Å². The molecular formula is C23H28N4O5S. The van der Waals surface area contributed by atoms with E-state index in [-0.39, 0.29) is 16.4 Å². The SMILES string of the molecule is COc1ccccc1NC(=O)C(C=NC(=S)NCCNc1ccc(OC)c(OC)c1)=C(C)O. The summed E-state index contributed by atoms with van der Waals surface area (Å²) in [5, 5.41) is 19.0. The van der Waals surface area contributed by atoms with Crippen LogP contribution in [0.15, 0.2) is 58.8 Å². The molecule has 0 aliphatic heterocycles. The molecule has 0 radical (unpaired) electrons. The summed E-state index contributed by atoms with van der Waals surface area (Å²) in [5.41, 5.74) is 1.31. The lowest BCUT2D eigenvalue weighted by atomic mass is 10.2. The molecule has 0 aliphatic carbocycles. The number of aliphatic imine (C=N–C) groups is 1. The number of anilines is 2. The Morgan fingerprint density at radius 2 is 1.73 bits per heavy atom. The maximum atomic E-state index is 12.6. The van der Waals surface area contributed by atoms with Crippen molar-refractivity contribution in [3.8, 4) is 17.2 Å². The zero-order chi connectivity index (χ0) is 24.2. The predicted octanol–water partition coefficient (Wildman–Crippen LogP) is 3.54. The number of aliphatic hydroxyl groups excluding tert-OH is 1. The van der Waals surface area contributed by atoms with Crippen LogP contribution in [0, 0.1) is 0 Å². The summed E-state index contributed by atoms with van der Waals surface area (Å²) in [6.07, 6.45) is 1.22. The van der Waals surface area contributed by atoms with Gasteiger partial charge in [-0.1, -0.05) is 12.1 Å². The normalized spacial score (nSPS) is 11.4. The van der Waals surface area contributed by atoms with Crippen molar-refractivity contribution < 1.29 is 24.1 Å². The number of amides is 1. The molecule has 33 heavy (non-hydrogen) atoms. The zero-order valence-electron chi connectivity index (χ0n) is 19.0. The Morgan fingerprint density at radius 3 is 2.39 bits per heavy atom. The van der Waals surface area contributed by atoms with Crippen molar-refractivity contribution in [2.45, 2.75) is 6.92 Å². The number of nitrogens with zero attached hydrogens (tertiary/aromatic N) is 1. The summed E-state index contributed by atoms with van der Waals surface area (Å²) in [4.78, 5) is 16.6. The first-order valence-electron chi connectivity index (χ1n) is 10.0. The maximum absolute atomic E-state index is 12.6. The number of hydrogen-bond donors (Lipinski definition) is 4. The van der Waals surface area contributed by atoms with Crippen LogP contribution in [-0.4, -0.2) is 56.8 Å². The quantitative estimate of drug-likeness (QED) is 0.137. The number of rotatable bonds is 10. The molecule has 176 valence electrons. The number of aliphatic hydroxyl groups is 1. The fourth-order valence-corrected chi connectivity index (χ4v) is 2.90. The number of thiocarbonyl (C=S) groups is 1. The maximum Gasteiger partial charge on any atom is 0.260 e.